The fourth-order valence-corrected chi connectivity index (χ4v) is 3.78. The van der Waals surface area contributed by atoms with E-state index in [-0.39, 0.29) is 0 Å². The van der Waals surface area contributed by atoms with E-state index in [0.29, 0.717) is 11.8 Å². The molecular weight excluding hydrogens is 348 g/mol. The van der Waals surface area contributed by atoms with Crippen molar-refractivity contribution in [2.24, 2.45) is 0 Å². The lowest BCUT2D eigenvalue weighted by Crippen LogP contribution is -2.17. The van der Waals surface area contributed by atoms with Crippen LogP contribution in [-0.4, -0.2) is 28.3 Å². The van der Waals surface area contributed by atoms with Gasteiger partial charge in [0.15, 0.2) is 5.82 Å². The van der Waals surface area contributed by atoms with Gasteiger partial charge in [-0.3, -0.25) is 0 Å². The van der Waals surface area contributed by atoms with Crippen molar-refractivity contribution in [3.63, 3.8) is 0 Å². The normalized spacial score (nSPS) is 13.6. The third-order valence-electron chi connectivity index (χ3n) is 5.08. The van der Waals surface area contributed by atoms with Crippen LogP contribution in [0.25, 0.3) is 0 Å². The third kappa shape index (κ3) is 4.06. The van der Waals surface area contributed by atoms with Gasteiger partial charge in [-0.05, 0) is 69.0 Å². The zero-order valence-electron chi connectivity index (χ0n) is 16.7. The number of nitrogens with one attached hydrogen (secondary N) is 2. The quantitative estimate of drug-likeness (QED) is 0.663. The highest BCUT2D eigenvalue weighted by atomic mass is 15.3. The molecule has 6 heteroatoms. The molecule has 0 amide bonds. The summed E-state index contributed by atoms with van der Waals surface area (Å²) in [5, 5.41) is 14.8. The predicted molar refractivity (Wildman–Crippen MR) is 115 cm³/mol. The van der Waals surface area contributed by atoms with Gasteiger partial charge in [0.25, 0.3) is 0 Å². The molecule has 0 radical (unpaired) electrons. The van der Waals surface area contributed by atoms with Crippen LogP contribution in [-0.2, 0) is 0 Å². The summed E-state index contributed by atoms with van der Waals surface area (Å²) in [6, 6.07) is 12.7. The predicted octanol–water partition coefficient (Wildman–Crippen LogP) is 4.88. The Hall–Kier alpha value is -3.15. The maximum Gasteiger partial charge on any atom is 0.249 e. The van der Waals surface area contributed by atoms with Gasteiger partial charge in [0, 0.05) is 30.2 Å². The van der Waals surface area contributed by atoms with Crippen molar-refractivity contribution in [1.29, 1.82) is 0 Å². The molecule has 4 rings (SSSR count). The van der Waals surface area contributed by atoms with E-state index in [4.69, 9.17) is 0 Å². The Morgan fingerprint density at radius 3 is 2.25 bits per heavy atom. The van der Waals surface area contributed by atoms with Gasteiger partial charge < -0.3 is 15.5 Å². The fraction of sp³-hybridized carbons (Fsp3) is 0.318. The smallest absolute Gasteiger partial charge is 0.249 e. The summed E-state index contributed by atoms with van der Waals surface area (Å²) in [5.74, 6) is 1.14. The van der Waals surface area contributed by atoms with E-state index in [1.54, 1.807) is 6.20 Å². The molecule has 0 aliphatic carbocycles. The van der Waals surface area contributed by atoms with Crippen LogP contribution in [0.1, 0.15) is 29.5 Å². The summed E-state index contributed by atoms with van der Waals surface area (Å²) in [4.78, 5) is 6.98. The molecule has 0 bridgehead atoms. The Balaban J connectivity index is 1.48. The average molecular weight is 374 g/mol. The summed E-state index contributed by atoms with van der Waals surface area (Å²) in [6.07, 6.45) is 4.19. The molecular formula is C22H26N6. The topological polar surface area (TPSA) is 66.0 Å². The SMILES string of the molecule is Cc1cc(C)c(Nc2cnnc(Nc3ccc(N4CCCC4)cc3)n2)c(C)c1. The monoisotopic (exact) mass is 374 g/mol. The highest BCUT2D eigenvalue weighted by molar-refractivity contribution is 5.66. The Morgan fingerprint density at radius 2 is 1.57 bits per heavy atom. The molecule has 28 heavy (non-hydrogen) atoms. The molecule has 1 aliphatic heterocycles. The Labute approximate surface area is 166 Å². The lowest BCUT2D eigenvalue weighted by Gasteiger charge is -2.17. The average Bonchev–Trinajstić information content (AvgIpc) is 3.20. The molecule has 1 aliphatic rings. The lowest BCUT2D eigenvalue weighted by atomic mass is 10.1. The molecule has 0 unspecified atom stereocenters. The molecule has 2 heterocycles. The number of aromatic nitrogens is 3. The summed E-state index contributed by atoms with van der Waals surface area (Å²) in [7, 11) is 0. The first kappa shape index (κ1) is 18.2. The van der Waals surface area contributed by atoms with Gasteiger partial charge in [0.05, 0.1) is 6.20 Å². The van der Waals surface area contributed by atoms with E-state index in [1.807, 2.05) is 0 Å². The first-order valence-electron chi connectivity index (χ1n) is 9.75. The van der Waals surface area contributed by atoms with Crippen molar-refractivity contribution in [3.8, 4) is 0 Å². The molecule has 0 atom stereocenters. The molecule has 3 aromatic rings. The number of aryl methyl sites for hydroxylation is 3. The van der Waals surface area contributed by atoms with Gasteiger partial charge in [0.2, 0.25) is 5.95 Å². The number of nitrogens with zero attached hydrogens (tertiary/aromatic N) is 4. The van der Waals surface area contributed by atoms with Gasteiger partial charge in [-0.25, -0.2) is 0 Å². The number of anilines is 5. The number of hydrogen-bond acceptors (Lipinski definition) is 6. The van der Waals surface area contributed by atoms with Gasteiger partial charge in [-0.15, -0.1) is 5.10 Å². The summed E-state index contributed by atoms with van der Waals surface area (Å²) in [5.41, 5.74) is 6.90. The zero-order chi connectivity index (χ0) is 19.5. The van der Waals surface area contributed by atoms with Crippen molar-refractivity contribution in [3.05, 3.63) is 59.3 Å². The van der Waals surface area contributed by atoms with Crippen LogP contribution in [0.5, 0.6) is 0 Å². The standard InChI is InChI=1S/C22H26N6/c1-15-12-16(2)21(17(3)13-15)25-20-14-23-27-22(26-20)24-18-6-8-19(9-7-18)28-10-4-5-11-28/h6-9,12-14H,4-5,10-11H2,1-3H3,(H2,24,25,26,27). The molecule has 1 fully saturated rings. The van der Waals surface area contributed by atoms with Crippen LogP contribution in [0.4, 0.5) is 28.8 Å². The molecule has 0 spiro atoms. The van der Waals surface area contributed by atoms with E-state index >= 15 is 0 Å². The van der Waals surface area contributed by atoms with E-state index in [1.165, 1.54) is 35.2 Å². The van der Waals surface area contributed by atoms with Gasteiger partial charge in [0.1, 0.15) is 0 Å². The minimum absolute atomic E-state index is 0.473. The largest absolute Gasteiger partial charge is 0.372 e. The molecule has 0 saturated carbocycles. The third-order valence-corrected chi connectivity index (χ3v) is 5.08. The number of hydrogen-bond donors (Lipinski definition) is 2. The van der Waals surface area contributed by atoms with Gasteiger partial charge in [-0.1, -0.05) is 17.7 Å². The zero-order valence-corrected chi connectivity index (χ0v) is 16.7. The Kier molecular flexibility index (Phi) is 5.10. The van der Waals surface area contributed by atoms with Crippen LogP contribution in [0.3, 0.4) is 0 Å². The highest BCUT2D eigenvalue weighted by Gasteiger charge is 2.12. The Morgan fingerprint density at radius 1 is 0.893 bits per heavy atom. The Bertz CT molecular complexity index is 938. The first-order chi connectivity index (χ1) is 13.6. The molecule has 2 N–H and O–H groups in total. The van der Waals surface area contributed by atoms with Crippen LogP contribution < -0.4 is 15.5 Å². The van der Waals surface area contributed by atoms with E-state index in [0.717, 1.165) is 24.5 Å². The number of rotatable bonds is 5. The molecule has 144 valence electrons. The van der Waals surface area contributed by atoms with E-state index < -0.39 is 0 Å². The maximum absolute atomic E-state index is 4.56. The molecule has 6 nitrogen and oxygen atoms in total. The van der Waals surface area contributed by atoms with Crippen LogP contribution in [0.2, 0.25) is 0 Å². The second kappa shape index (κ2) is 7.84. The van der Waals surface area contributed by atoms with Crippen molar-refractivity contribution < 1.29 is 0 Å². The lowest BCUT2D eigenvalue weighted by molar-refractivity contribution is 0.949. The maximum atomic E-state index is 4.56. The summed E-state index contributed by atoms with van der Waals surface area (Å²) in [6.45, 7) is 8.58. The second-order valence-corrected chi connectivity index (χ2v) is 7.43. The summed E-state index contributed by atoms with van der Waals surface area (Å²) < 4.78 is 0. The van der Waals surface area contributed by atoms with Crippen molar-refractivity contribution in [1.82, 2.24) is 15.2 Å². The van der Waals surface area contributed by atoms with Gasteiger partial charge in [-0.2, -0.15) is 10.1 Å². The van der Waals surface area contributed by atoms with E-state index in [9.17, 15) is 0 Å². The minimum atomic E-state index is 0.473. The van der Waals surface area contributed by atoms with E-state index in [2.05, 4.69) is 87.9 Å². The first-order valence-corrected chi connectivity index (χ1v) is 9.75. The van der Waals surface area contributed by atoms with Gasteiger partial charge >= 0.3 is 0 Å². The highest BCUT2D eigenvalue weighted by Crippen LogP contribution is 2.26. The number of benzene rings is 2. The van der Waals surface area contributed by atoms with Crippen molar-refractivity contribution in [2.75, 3.05) is 28.6 Å². The summed E-state index contributed by atoms with van der Waals surface area (Å²) >= 11 is 0. The van der Waals surface area contributed by atoms with Crippen LogP contribution in [0, 0.1) is 20.8 Å². The fourth-order valence-electron chi connectivity index (χ4n) is 3.78. The molecule has 2 aromatic carbocycles. The van der Waals surface area contributed by atoms with Crippen molar-refractivity contribution >= 4 is 28.8 Å². The van der Waals surface area contributed by atoms with Crippen LogP contribution in [0.15, 0.2) is 42.6 Å². The second-order valence-electron chi connectivity index (χ2n) is 7.43. The molecule has 1 saturated heterocycles. The minimum Gasteiger partial charge on any atom is -0.372 e. The van der Waals surface area contributed by atoms with Crippen LogP contribution >= 0.6 is 0 Å². The molecule has 1 aromatic heterocycles. The van der Waals surface area contributed by atoms with Crippen molar-refractivity contribution in [2.45, 2.75) is 33.6 Å².